The zero-order valence-corrected chi connectivity index (χ0v) is 15.3. The summed E-state index contributed by atoms with van der Waals surface area (Å²) in [6.45, 7) is 4.61. The van der Waals surface area contributed by atoms with Crippen molar-refractivity contribution in [3.8, 4) is 22.7 Å². The van der Waals surface area contributed by atoms with Gasteiger partial charge in [0.2, 0.25) is 0 Å². The van der Waals surface area contributed by atoms with Crippen LogP contribution in [0.5, 0.6) is 0 Å². The Labute approximate surface area is 157 Å². The van der Waals surface area contributed by atoms with Crippen LogP contribution in [0.2, 0.25) is 0 Å². The predicted octanol–water partition coefficient (Wildman–Crippen LogP) is 3.52. The van der Waals surface area contributed by atoms with Gasteiger partial charge in [0.05, 0.1) is 0 Å². The molecule has 0 saturated carbocycles. The molecule has 0 aliphatic heterocycles. The first-order chi connectivity index (χ1) is 13.2. The highest BCUT2D eigenvalue weighted by Crippen LogP contribution is 2.33. The molecule has 136 valence electrons. The average molecular weight is 361 g/mol. The largest absolute Gasteiger partial charge is 0.415 e. The van der Waals surface area contributed by atoms with Crippen molar-refractivity contribution >= 4 is 0 Å². The van der Waals surface area contributed by atoms with Gasteiger partial charge in [-0.2, -0.15) is 0 Å². The Hall–Kier alpha value is -3.25. The molecule has 0 amide bonds. The molecule has 0 aliphatic rings. The molecule has 2 heterocycles. The Morgan fingerprint density at radius 1 is 0.963 bits per heavy atom. The molecule has 0 saturated heterocycles. The minimum Gasteiger partial charge on any atom is -0.415 e. The van der Waals surface area contributed by atoms with Crippen LogP contribution in [0.15, 0.2) is 69.6 Å². The standard InChI is InChI=1S/C21H20N4O2/c1-14(16-9-5-3-6-10-16)22-13-18-23-24-21(26-18)19-15(2)27-25-20(19)17-11-7-4-8-12-17/h3-12,14,22H,13H2,1-2H3/p+1/t14-/m1/s1. The predicted molar refractivity (Wildman–Crippen MR) is 100 cm³/mol. The summed E-state index contributed by atoms with van der Waals surface area (Å²) in [7, 11) is 0. The van der Waals surface area contributed by atoms with Crippen LogP contribution in [0.1, 0.15) is 30.2 Å². The fourth-order valence-electron chi connectivity index (χ4n) is 3.02. The van der Waals surface area contributed by atoms with Crippen molar-refractivity contribution in [2.45, 2.75) is 26.4 Å². The lowest BCUT2D eigenvalue weighted by Gasteiger charge is -2.08. The molecule has 6 nitrogen and oxygen atoms in total. The third-order valence-electron chi connectivity index (χ3n) is 4.56. The van der Waals surface area contributed by atoms with Crippen LogP contribution in [-0.4, -0.2) is 15.4 Å². The fraction of sp³-hybridized carbons (Fsp3) is 0.190. The Kier molecular flexibility index (Phi) is 4.80. The number of rotatable bonds is 6. The number of nitrogens with zero attached hydrogens (tertiary/aromatic N) is 3. The first kappa shape index (κ1) is 17.2. The quantitative estimate of drug-likeness (QED) is 0.568. The number of quaternary nitrogens is 1. The topological polar surface area (TPSA) is 81.6 Å². The molecule has 0 unspecified atom stereocenters. The zero-order chi connectivity index (χ0) is 18.6. The second-order valence-electron chi connectivity index (χ2n) is 6.47. The molecule has 27 heavy (non-hydrogen) atoms. The van der Waals surface area contributed by atoms with Gasteiger partial charge in [-0.25, -0.2) is 0 Å². The SMILES string of the molecule is Cc1onc(-c2ccccc2)c1-c1nnc(C[NH2+][C@H](C)c2ccccc2)o1. The molecule has 0 fully saturated rings. The summed E-state index contributed by atoms with van der Waals surface area (Å²) >= 11 is 0. The van der Waals surface area contributed by atoms with Gasteiger partial charge in [-0.15, -0.1) is 10.2 Å². The van der Waals surface area contributed by atoms with E-state index in [-0.39, 0.29) is 0 Å². The highest BCUT2D eigenvalue weighted by atomic mass is 16.5. The first-order valence-electron chi connectivity index (χ1n) is 8.95. The molecule has 2 aromatic carbocycles. The summed E-state index contributed by atoms with van der Waals surface area (Å²) in [5.41, 5.74) is 3.67. The molecule has 2 aromatic heterocycles. The van der Waals surface area contributed by atoms with E-state index in [0.717, 1.165) is 11.1 Å². The molecular formula is C21H21N4O2+. The molecule has 4 aromatic rings. The van der Waals surface area contributed by atoms with E-state index >= 15 is 0 Å². The van der Waals surface area contributed by atoms with Gasteiger partial charge in [0.1, 0.15) is 23.1 Å². The maximum Gasteiger partial charge on any atom is 0.271 e. The first-order valence-corrected chi connectivity index (χ1v) is 8.95. The number of hydrogen-bond acceptors (Lipinski definition) is 5. The van der Waals surface area contributed by atoms with Crippen LogP contribution < -0.4 is 5.32 Å². The van der Waals surface area contributed by atoms with Crippen LogP contribution >= 0.6 is 0 Å². The number of nitrogens with two attached hydrogens (primary N) is 1. The lowest BCUT2D eigenvalue weighted by Crippen LogP contribution is -2.83. The van der Waals surface area contributed by atoms with Crippen molar-refractivity contribution < 1.29 is 14.3 Å². The van der Waals surface area contributed by atoms with Crippen LogP contribution in [0.25, 0.3) is 22.7 Å². The van der Waals surface area contributed by atoms with E-state index in [0.29, 0.717) is 35.8 Å². The lowest BCUT2D eigenvalue weighted by atomic mass is 10.1. The molecule has 0 bridgehead atoms. The Morgan fingerprint density at radius 3 is 2.41 bits per heavy atom. The Morgan fingerprint density at radius 2 is 1.67 bits per heavy atom. The van der Waals surface area contributed by atoms with Gasteiger partial charge in [0, 0.05) is 11.1 Å². The Bertz CT molecular complexity index is 1010. The van der Waals surface area contributed by atoms with E-state index < -0.39 is 0 Å². The molecule has 1 atom stereocenters. The molecule has 0 aliphatic carbocycles. The molecule has 6 heteroatoms. The van der Waals surface area contributed by atoms with Gasteiger partial charge in [-0.3, -0.25) is 0 Å². The van der Waals surface area contributed by atoms with Gasteiger partial charge < -0.3 is 14.3 Å². The van der Waals surface area contributed by atoms with Crippen LogP contribution in [0.3, 0.4) is 0 Å². The van der Waals surface area contributed by atoms with Crippen molar-refractivity contribution in [2.24, 2.45) is 0 Å². The van der Waals surface area contributed by atoms with Crippen molar-refractivity contribution in [2.75, 3.05) is 0 Å². The number of aromatic nitrogens is 3. The number of hydrogen-bond donors (Lipinski definition) is 1. The summed E-state index contributed by atoms with van der Waals surface area (Å²) in [5.74, 6) is 1.67. The van der Waals surface area contributed by atoms with Crippen molar-refractivity contribution in [1.82, 2.24) is 15.4 Å². The summed E-state index contributed by atoms with van der Waals surface area (Å²) in [5, 5.41) is 14.8. The van der Waals surface area contributed by atoms with Crippen LogP contribution in [-0.2, 0) is 6.54 Å². The van der Waals surface area contributed by atoms with E-state index in [1.807, 2.05) is 55.5 Å². The monoisotopic (exact) mass is 361 g/mol. The summed E-state index contributed by atoms with van der Waals surface area (Å²) in [6.07, 6.45) is 0. The summed E-state index contributed by atoms with van der Waals surface area (Å²) in [6, 6.07) is 20.5. The number of aryl methyl sites for hydroxylation is 1. The molecule has 4 rings (SSSR count). The van der Waals surface area contributed by atoms with E-state index in [9.17, 15) is 0 Å². The van der Waals surface area contributed by atoms with Gasteiger partial charge in [-0.05, 0) is 13.8 Å². The zero-order valence-electron chi connectivity index (χ0n) is 15.3. The fourth-order valence-corrected chi connectivity index (χ4v) is 3.02. The van der Waals surface area contributed by atoms with Gasteiger partial charge in [0.25, 0.3) is 11.8 Å². The smallest absolute Gasteiger partial charge is 0.271 e. The maximum absolute atomic E-state index is 5.90. The highest BCUT2D eigenvalue weighted by molar-refractivity contribution is 5.77. The van der Waals surface area contributed by atoms with E-state index in [1.165, 1.54) is 5.56 Å². The average Bonchev–Trinajstić information content (AvgIpc) is 3.33. The minimum atomic E-state index is 0.304. The second-order valence-corrected chi connectivity index (χ2v) is 6.47. The van der Waals surface area contributed by atoms with Gasteiger partial charge in [0.15, 0.2) is 6.54 Å². The number of benzene rings is 2. The normalized spacial score (nSPS) is 12.2. The van der Waals surface area contributed by atoms with Crippen molar-refractivity contribution in [3.05, 3.63) is 77.9 Å². The summed E-state index contributed by atoms with van der Waals surface area (Å²) in [4.78, 5) is 0. The Balaban J connectivity index is 1.53. The van der Waals surface area contributed by atoms with Crippen molar-refractivity contribution in [3.63, 3.8) is 0 Å². The molecule has 0 radical (unpaired) electrons. The second kappa shape index (κ2) is 7.55. The summed E-state index contributed by atoms with van der Waals surface area (Å²) < 4.78 is 11.3. The highest BCUT2D eigenvalue weighted by Gasteiger charge is 2.22. The minimum absolute atomic E-state index is 0.304. The molecule has 2 N–H and O–H groups in total. The molecule has 0 spiro atoms. The van der Waals surface area contributed by atoms with Crippen LogP contribution in [0, 0.1) is 6.92 Å². The van der Waals surface area contributed by atoms with E-state index in [4.69, 9.17) is 8.94 Å². The molecular weight excluding hydrogens is 340 g/mol. The third kappa shape index (κ3) is 3.66. The lowest BCUT2D eigenvalue weighted by molar-refractivity contribution is -0.709. The van der Waals surface area contributed by atoms with Crippen molar-refractivity contribution in [1.29, 1.82) is 0 Å². The van der Waals surface area contributed by atoms with E-state index in [2.05, 4.69) is 39.7 Å². The van der Waals surface area contributed by atoms with Gasteiger partial charge >= 0.3 is 0 Å². The van der Waals surface area contributed by atoms with E-state index in [1.54, 1.807) is 0 Å². The van der Waals surface area contributed by atoms with Crippen LogP contribution in [0.4, 0.5) is 0 Å². The third-order valence-corrected chi connectivity index (χ3v) is 4.56. The maximum atomic E-state index is 5.90. The van der Waals surface area contributed by atoms with Gasteiger partial charge in [-0.1, -0.05) is 65.8 Å².